The molecule has 0 unspecified atom stereocenters. The molecule has 1 heterocycles. The van der Waals surface area contributed by atoms with E-state index in [4.69, 9.17) is 5.73 Å². The highest BCUT2D eigenvalue weighted by molar-refractivity contribution is 5.89. The summed E-state index contributed by atoms with van der Waals surface area (Å²) in [5.41, 5.74) is 6.57. The molecular weight excluding hydrogens is 235 g/mol. The van der Waals surface area contributed by atoms with E-state index in [9.17, 15) is 9.18 Å². The number of anilines is 1. The molecule has 98 valence electrons. The van der Waals surface area contributed by atoms with E-state index in [0.717, 1.165) is 25.9 Å². The Morgan fingerprint density at radius 3 is 2.67 bits per heavy atom. The number of ether oxygens (including phenoxy) is 1. The molecule has 0 bridgehead atoms. The maximum atomic E-state index is 13.9. The molecule has 1 aromatic rings. The fraction of sp³-hybridized carbons (Fsp3) is 0.462. The van der Waals surface area contributed by atoms with Gasteiger partial charge in [-0.1, -0.05) is 0 Å². The Labute approximate surface area is 106 Å². The van der Waals surface area contributed by atoms with E-state index in [0.29, 0.717) is 5.69 Å². The first kappa shape index (κ1) is 12.8. The van der Waals surface area contributed by atoms with Crippen molar-refractivity contribution >= 4 is 11.7 Å². The molecule has 2 N–H and O–H groups in total. The van der Waals surface area contributed by atoms with E-state index in [2.05, 4.69) is 4.74 Å². The maximum Gasteiger partial charge on any atom is 0.337 e. The third-order valence-corrected chi connectivity index (χ3v) is 3.25. The van der Waals surface area contributed by atoms with E-state index in [1.807, 2.05) is 4.90 Å². The predicted octanol–water partition coefficient (Wildman–Crippen LogP) is 1.54. The van der Waals surface area contributed by atoms with E-state index in [-0.39, 0.29) is 11.6 Å². The SMILES string of the molecule is COC(=O)c1ccc(N2CCC(N)CC2)c(F)c1. The zero-order chi connectivity index (χ0) is 13.1. The van der Waals surface area contributed by atoms with Crippen molar-refractivity contribution in [2.45, 2.75) is 18.9 Å². The lowest BCUT2D eigenvalue weighted by molar-refractivity contribution is 0.0600. The highest BCUT2D eigenvalue weighted by atomic mass is 19.1. The molecule has 0 aromatic heterocycles. The molecule has 1 aliphatic rings. The van der Waals surface area contributed by atoms with Crippen molar-refractivity contribution in [2.24, 2.45) is 5.73 Å². The largest absolute Gasteiger partial charge is 0.465 e. The van der Waals surface area contributed by atoms with Crippen LogP contribution in [0.3, 0.4) is 0 Å². The molecule has 1 saturated heterocycles. The summed E-state index contributed by atoms with van der Waals surface area (Å²) in [5.74, 6) is -0.922. The first-order chi connectivity index (χ1) is 8.61. The summed E-state index contributed by atoms with van der Waals surface area (Å²) in [6, 6.07) is 4.63. The van der Waals surface area contributed by atoms with Crippen molar-refractivity contribution in [1.82, 2.24) is 0 Å². The van der Waals surface area contributed by atoms with E-state index >= 15 is 0 Å². The van der Waals surface area contributed by atoms with Gasteiger partial charge in [-0.25, -0.2) is 9.18 Å². The van der Waals surface area contributed by atoms with Gasteiger partial charge in [0.25, 0.3) is 0 Å². The standard InChI is InChI=1S/C13H17FN2O2/c1-18-13(17)9-2-3-12(11(14)8-9)16-6-4-10(15)5-7-16/h2-3,8,10H,4-7,15H2,1H3. The molecule has 18 heavy (non-hydrogen) atoms. The zero-order valence-electron chi connectivity index (χ0n) is 10.4. The van der Waals surface area contributed by atoms with E-state index in [1.165, 1.54) is 13.2 Å². The number of rotatable bonds is 2. The van der Waals surface area contributed by atoms with Gasteiger partial charge in [0.05, 0.1) is 18.4 Å². The maximum absolute atomic E-state index is 13.9. The lowest BCUT2D eigenvalue weighted by atomic mass is 10.0. The Morgan fingerprint density at radius 1 is 1.44 bits per heavy atom. The van der Waals surface area contributed by atoms with Crippen LogP contribution in [0.4, 0.5) is 10.1 Å². The number of carbonyl (C=O) groups excluding carboxylic acids is 1. The molecule has 2 rings (SSSR count). The van der Waals surface area contributed by atoms with Crippen molar-refractivity contribution in [1.29, 1.82) is 0 Å². The molecule has 1 fully saturated rings. The monoisotopic (exact) mass is 252 g/mol. The number of piperidine rings is 1. The van der Waals surface area contributed by atoms with Gasteiger partial charge in [-0.3, -0.25) is 0 Å². The van der Waals surface area contributed by atoms with Gasteiger partial charge in [0.15, 0.2) is 0 Å². The number of hydrogen-bond donors (Lipinski definition) is 1. The highest BCUT2D eigenvalue weighted by Crippen LogP contribution is 2.24. The van der Waals surface area contributed by atoms with Crippen LogP contribution in [-0.4, -0.2) is 32.2 Å². The van der Waals surface area contributed by atoms with E-state index in [1.54, 1.807) is 12.1 Å². The molecule has 0 radical (unpaired) electrons. The van der Waals surface area contributed by atoms with Crippen LogP contribution in [0, 0.1) is 5.82 Å². The second-order valence-corrected chi connectivity index (χ2v) is 4.48. The molecule has 1 aromatic carbocycles. The van der Waals surface area contributed by atoms with Crippen LogP contribution in [-0.2, 0) is 4.74 Å². The Morgan fingerprint density at radius 2 is 2.11 bits per heavy atom. The van der Waals surface area contributed by atoms with Crippen LogP contribution in [0.1, 0.15) is 23.2 Å². The molecule has 0 saturated carbocycles. The average Bonchev–Trinajstić information content (AvgIpc) is 2.39. The van der Waals surface area contributed by atoms with Gasteiger partial charge in [0.2, 0.25) is 0 Å². The summed E-state index contributed by atoms with van der Waals surface area (Å²) in [7, 11) is 1.28. The molecule has 0 atom stereocenters. The number of esters is 1. The Kier molecular flexibility index (Phi) is 3.81. The summed E-state index contributed by atoms with van der Waals surface area (Å²) >= 11 is 0. The van der Waals surface area contributed by atoms with Gasteiger partial charge < -0.3 is 15.4 Å². The molecule has 1 aliphatic heterocycles. The van der Waals surface area contributed by atoms with E-state index < -0.39 is 11.8 Å². The molecule has 0 amide bonds. The first-order valence-electron chi connectivity index (χ1n) is 6.00. The van der Waals surface area contributed by atoms with Gasteiger partial charge in [-0.05, 0) is 31.0 Å². The number of hydrogen-bond acceptors (Lipinski definition) is 4. The number of benzene rings is 1. The van der Waals surface area contributed by atoms with Crippen LogP contribution in [0.15, 0.2) is 18.2 Å². The van der Waals surface area contributed by atoms with Crippen LogP contribution in [0.5, 0.6) is 0 Å². The average molecular weight is 252 g/mol. The minimum atomic E-state index is -0.527. The minimum Gasteiger partial charge on any atom is -0.465 e. The number of carbonyl (C=O) groups is 1. The zero-order valence-corrected chi connectivity index (χ0v) is 10.4. The fourth-order valence-corrected chi connectivity index (χ4v) is 2.15. The second kappa shape index (κ2) is 5.35. The predicted molar refractivity (Wildman–Crippen MR) is 67.2 cm³/mol. The van der Waals surface area contributed by atoms with Gasteiger partial charge in [0.1, 0.15) is 5.82 Å². The molecule has 0 spiro atoms. The second-order valence-electron chi connectivity index (χ2n) is 4.48. The third kappa shape index (κ3) is 2.61. The summed E-state index contributed by atoms with van der Waals surface area (Å²) in [5, 5.41) is 0. The lowest BCUT2D eigenvalue weighted by Gasteiger charge is -2.32. The highest BCUT2D eigenvalue weighted by Gasteiger charge is 2.19. The summed E-state index contributed by atoms with van der Waals surface area (Å²) in [6.07, 6.45) is 1.72. The van der Waals surface area contributed by atoms with Crippen LogP contribution in [0.25, 0.3) is 0 Å². The van der Waals surface area contributed by atoms with Crippen molar-refractivity contribution in [2.75, 3.05) is 25.1 Å². The summed E-state index contributed by atoms with van der Waals surface area (Å²) in [4.78, 5) is 13.2. The van der Waals surface area contributed by atoms with Crippen LogP contribution in [0.2, 0.25) is 0 Å². The topological polar surface area (TPSA) is 55.6 Å². The Bertz CT molecular complexity index is 443. The summed E-state index contributed by atoms with van der Waals surface area (Å²) in [6.45, 7) is 1.49. The molecule has 4 nitrogen and oxygen atoms in total. The van der Waals surface area contributed by atoms with Crippen molar-refractivity contribution < 1.29 is 13.9 Å². The lowest BCUT2D eigenvalue weighted by Crippen LogP contribution is -2.40. The molecular formula is C13H17FN2O2. The summed E-state index contributed by atoms with van der Waals surface area (Å²) < 4.78 is 18.5. The molecule has 0 aliphatic carbocycles. The number of nitrogens with two attached hydrogens (primary N) is 1. The molecule has 5 heteroatoms. The Balaban J connectivity index is 2.17. The third-order valence-electron chi connectivity index (χ3n) is 3.25. The smallest absolute Gasteiger partial charge is 0.337 e. The Hall–Kier alpha value is -1.62. The van der Waals surface area contributed by atoms with Gasteiger partial charge in [-0.15, -0.1) is 0 Å². The van der Waals surface area contributed by atoms with Crippen molar-refractivity contribution in [3.63, 3.8) is 0 Å². The van der Waals surface area contributed by atoms with Crippen molar-refractivity contribution in [3.05, 3.63) is 29.6 Å². The van der Waals surface area contributed by atoms with Crippen molar-refractivity contribution in [3.8, 4) is 0 Å². The van der Waals surface area contributed by atoms with Gasteiger partial charge in [0, 0.05) is 19.1 Å². The fourth-order valence-electron chi connectivity index (χ4n) is 2.15. The number of halogens is 1. The van der Waals surface area contributed by atoms with Gasteiger partial charge >= 0.3 is 5.97 Å². The number of nitrogens with zero attached hydrogens (tertiary/aromatic N) is 1. The minimum absolute atomic E-state index is 0.207. The van der Waals surface area contributed by atoms with Crippen LogP contribution >= 0.6 is 0 Å². The number of methoxy groups -OCH3 is 1. The first-order valence-corrected chi connectivity index (χ1v) is 6.00. The normalized spacial score (nSPS) is 16.7. The quantitative estimate of drug-likeness (QED) is 0.811. The van der Waals surface area contributed by atoms with Gasteiger partial charge in [-0.2, -0.15) is 0 Å². The van der Waals surface area contributed by atoms with Crippen LogP contribution < -0.4 is 10.6 Å².